The third-order valence-corrected chi connectivity index (χ3v) is 2.97. The predicted octanol–water partition coefficient (Wildman–Crippen LogP) is 4.15. The van der Waals surface area contributed by atoms with Crippen LogP contribution in [0.15, 0.2) is 18.2 Å². The molecule has 1 aromatic heterocycles. The Morgan fingerprint density at radius 1 is 1.24 bits per heavy atom. The van der Waals surface area contributed by atoms with E-state index in [9.17, 15) is 4.79 Å². The summed E-state index contributed by atoms with van der Waals surface area (Å²) in [4.78, 5) is 15.2. The summed E-state index contributed by atoms with van der Waals surface area (Å²) in [7, 11) is 0. The van der Waals surface area contributed by atoms with Crippen LogP contribution in [0.4, 0.5) is 5.69 Å². The van der Waals surface area contributed by atoms with Crippen LogP contribution in [-0.2, 0) is 4.79 Å². The molecule has 1 aromatic carbocycles. The fraction of sp³-hybridized carbons (Fsp3) is 0.0909. The summed E-state index contributed by atoms with van der Waals surface area (Å²) < 4.78 is 0. The van der Waals surface area contributed by atoms with Gasteiger partial charge in [-0.3, -0.25) is 4.79 Å². The minimum absolute atomic E-state index is 0.239. The molecule has 0 bridgehead atoms. The van der Waals surface area contributed by atoms with Crippen LogP contribution in [0.2, 0.25) is 15.2 Å². The lowest BCUT2D eigenvalue weighted by Gasteiger charge is -2.10. The third kappa shape index (κ3) is 2.46. The van der Waals surface area contributed by atoms with Crippen LogP contribution in [0, 0.1) is 0 Å². The maximum absolute atomic E-state index is 11.1. The Morgan fingerprint density at radius 2 is 1.94 bits per heavy atom. The molecule has 0 spiro atoms. The lowest BCUT2D eigenvalue weighted by molar-refractivity contribution is -0.114. The van der Waals surface area contributed by atoms with Gasteiger partial charge in [-0.05, 0) is 18.2 Å². The van der Waals surface area contributed by atoms with Gasteiger partial charge in [0.1, 0.15) is 5.15 Å². The van der Waals surface area contributed by atoms with Gasteiger partial charge in [0.15, 0.2) is 0 Å². The van der Waals surface area contributed by atoms with Gasteiger partial charge in [0.2, 0.25) is 5.91 Å². The van der Waals surface area contributed by atoms with Crippen LogP contribution in [0.5, 0.6) is 0 Å². The Hall–Kier alpha value is -1.03. The second kappa shape index (κ2) is 4.69. The minimum atomic E-state index is -0.239. The zero-order valence-corrected chi connectivity index (χ0v) is 11.0. The van der Waals surface area contributed by atoms with Gasteiger partial charge in [-0.25, -0.2) is 4.98 Å². The highest BCUT2D eigenvalue weighted by Crippen LogP contribution is 2.35. The number of fused-ring (bicyclic) bond motifs is 1. The Kier molecular flexibility index (Phi) is 3.43. The number of benzene rings is 1. The molecule has 3 nitrogen and oxygen atoms in total. The van der Waals surface area contributed by atoms with Crippen molar-refractivity contribution in [3.8, 4) is 0 Å². The van der Waals surface area contributed by atoms with Gasteiger partial charge in [0, 0.05) is 12.3 Å². The molecule has 0 unspecified atom stereocenters. The van der Waals surface area contributed by atoms with Crippen molar-refractivity contribution in [3.63, 3.8) is 0 Å². The maximum Gasteiger partial charge on any atom is 0.221 e. The largest absolute Gasteiger partial charge is 0.323 e. The summed E-state index contributed by atoms with van der Waals surface area (Å²) in [6, 6.07) is 4.92. The van der Waals surface area contributed by atoms with Crippen molar-refractivity contribution in [3.05, 3.63) is 33.4 Å². The van der Waals surface area contributed by atoms with Crippen LogP contribution in [-0.4, -0.2) is 10.9 Å². The summed E-state index contributed by atoms with van der Waals surface area (Å²) in [5, 5.41) is 4.40. The lowest BCUT2D eigenvalue weighted by Crippen LogP contribution is -2.07. The van der Waals surface area contributed by atoms with E-state index in [0.717, 1.165) is 0 Å². The highest BCUT2D eigenvalue weighted by atomic mass is 35.5. The molecule has 2 aromatic rings. The number of halogens is 3. The molecule has 1 heterocycles. The predicted molar refractivity (Wildman–Crippen MR) is 71.1 cm³/mol. The fourth-order valence-corrected chi connectivity index (χ4v) is 2.20. The second-order valence-corrected chi connectivity index (χ2v) is 4.63. The highest BCUT2D eigenvalue weighted by molar-refractivity contribution is 6.41. The molecule has 1 N–H and O–H groups in total. The summed E-state index contributed by atoms with van der Waals surface area (Å²) in [6.07, 6.45) is 0. The molecule has 6 heteroatoms. The minimum Gasteiger partial charge on any atom is -0.323 e. The maximum atomic E-state index is 11.1. The van der Waals surface area contributed by atoms with Gasteiger partial charge >= 0.3 is 0 Å². The molecule has 0 saturated carbocycles. The summed E-state index contributed by atoms with van der Waals surface area (Å²) >= 11 is 17.9. The monoisotopic (exact) mass is 288 g/mol. The molecule has 0 radical (unpaired) electrons. The topological polar surface area (TPSA) is 42.0 Å². The van der Waals surface area contributed by atoms with Gasteiger partial charge in [-0.1, -0.05) is 34.8 Å². The van der Waals surface area contributed by atoms with E-state index in [4.69, 9.17) is 34.8 Å². The highest BCUT2D eigenvalue weighted by Gasteiger charge is 2.12. The molecule has 0 saturated heterocycles. The number of nitrogens with one attached hydrogen (secondary N) is 1. The Labute approximate surface area is 113 Å². The molecular weight excluding hydrogens is 282 g/mol. The number of anilines is 1. The molecule has 1 amide bonds. The Bertz CT molecular complexity index is 613. The van der Waals surface area contributed by atoms with Gasteiger partial charge in [0.05, 0.1) is 21.2 Å². The van der Waals surface area contributed by atoms with E-state index in [1.807, 2.05) is 0 Å². The van der Waals surface area contributed by atoms with Gasteiger partial charge < -0.3 is 5.32 Å². The van der Waals surface area contributed by atoms with Crippen LogP contribution < -0.4 is 5.32 Å². The van der Waals surface area contributed by atoms with Gasteiger partial charge in [0.25, 0.3) is 0 Å². The second-order valence-electron chi connectivity index (χ2n) is 3.43. The van der Waals surface area contributed by atoms with Crippen molar-refractivity contribution in [1.82, 2.24) is 4.98 Å². The molecule has 17 heavy (non-hydrogen) atoms. The smallest absolute Gasteiger partial charge is 0.221 e. The molecule has 0 aliphatic heterocycles. The molecule has 88 valence electrons. The molecule has 0 aliphatic carbocycles. The first-order chi connectivity index (χ1) is 7.99. The van der Waals surface area contributed by atoms with Crippen molar-refractivity contribution < 1.29 is 4.79 Å². The van der Waals surface area contributed by atoms with Crippen LogP contribution >= 0.6 is 34.8 Å². The van der Waals surface area contributed by atoms with Crippen LogP contribution in [0.25, 0.3) is 10.9 Å². The van der Waals surface area contributed by atoms with E-state index in [0.29, 0.717) is 31.8 Å². The zero-order chi connectivity index (χ0) is 12.6. The molecule has 0 atom stereocenters. The number of carbonyl (C=O) groups is 1. The van der Waals surface area contributed by atoms with E-state index in [1.165, 1.54) is 6.92 Å². The Morgan fingerprint density at radius 3 is 2.59 bits per heavy atom. The van der Waals surface area contributed by atoms with Crippen molar-refractivity contribution in [2.75, 3.05) is 5.32 Å². The molecule has 2 rings (SSSR count). The quantitative estimate of drug-likeness (QED) is 0.801. The molecule has 0 aliphatic rings. The lowest BCUT2D eigenvalue weighted by atomic mass is 10.2. The summed E-state index contributed by atoms with van der Waals surface area (Å²) in [5.74, 6) is -0.239. The average Bonchev–Trinajstić information content (AvgIpc) is 2.23. The zero-order valence-electron chi connectivity index (χ0n) is 8.72. The number of rotatable bonds is 1. The summed E-state index contributed by atoms with van der Waals surface area (Å²) in [5.41, 5.74) is 0.895. The van der Waals surface area contributed by atoms with E-state index in [1.54, 1.807) is 18.2 Å². The number of nitrogens with zero attached hydrogens (tertiary/aromatic N) is 1. The van der Waals surface area contributed by atoms with Gasteiger partial charge in [-0.2, -0.15) is 0 Å². The molecule has 0 fully saturated rings. The van der Waals surface area contributed by atoms with E-state index < -0.39 is 0 Å². The number of hydrogen-bond acceptors (Lipinski definition) is 2. The third-order valence-electron chi connectivity index (χ3n) is 2.15. The van der Waals surface area contributed by atoms with Crippen molar-refractivity contribution in [2.24, 2.45) is 0 Å². The molecular formula is C11H7Cl3N2O. The number of amides is 1. The van der Waals surface area contributed by atoms with Gasteiger partial charge in [-0.15, -0.1) is 0 Å². The normalized spacial score (nSPS) is 10.6. The average molecular weight is 290 g/mol. The van der Waals surface area contributed by atoms with E-state index in [2.05, 4.69) is 10.3 Å². The van der Waals surface area contributed by atoms with E-state index in [-0.39, 0.29) is 5.91 Å². The number of hydrogen-bond donors (Lipinski definition) is 1. The van der Waals surface area contributed by atoms with Crippen molar-refractivity contribution in [1.29, 1.82) is 0 Å². The van der Waals surface area contributed by atoms with Crippen molar-refractivity contribution in [2.45, 2.75) is 6.92 Å². The number of carbonyl (C=O) groups excluding carboxylic acids is 1. The van der Waals surface area contributed by atoms with Crippen molar-refractivity contribution >= 4 is 57.3 Å². The van der Waals surface area contributed by atoms with Crippen LogP contribution in [0.3, 0.4) is 0 Å². The first kappa shape index (κ1) is 12.4. The van der Waals surface area contributed by atoms with E-state index >= 15 is 0 Å². The SMILES string of the molecule is CC(=O)Nc1c(Cl)cc(Cl)c2ccc(Cl)nc12. The number of aromatic nitrogens is 1. The number of pyridine rings is 1. The first-order valence-corrected chi connectivity index (χ1v) is 5.84. The standard InChI is InChI=1S/C11H7Cl3N2O/c1-5(17)15-11-8(13)4-7(12)6-2-3-9(14)16-10(6)11/h2-4H,1H3,(H,15,17). The first-order valence-electron chi connectivity index (χ1n) is 4.71. The Balaban J connectivity index is 2.80. The van der Waals surface area contributed by atoms with Crippen LogP contribution in [0.1, 0.15) is 6.92 Å². The fourth-order valence-electron chi connectivity index (χ4n) is 1.49. The summed E-state index contributed by atoms with van der Waals surface area (Å²) in [6.45, 7) is 1.39.